The topological polar surface area (TPSA) is 85.3 Å². The van der Waals surface area contributed by atoms with E-state index in [0.29, 0.717) is 44.9 Å². The Kier molecular flexibility index (Phi) is 7.20. The van der Waals surface area contributed by atoms with Crippen molar-refractivity contribution in [3.8, 4) is 11.8 Å². The third kappa shape index (κ3) is 4.52. The van der Waals surface area contributed by atoms with Crippen LogP contribution in [0.3, 0.4) is 0 Å². The molecule has 34 heavy (non-hydrogen) atoms. The van der Waals surface area contributed by atoms with Crippen LogP contribution in [0.4, 0.5) is 0 Å². The zero-order valence-corrected chi connectivity index (χ0v) is 21.4. The van der Waals surface area contributed by atoms with Gasteiger partial charge < -0.3 is 15.2 Å². The maximum Gasteiger partial charge on any atom is 0.205 e. The SMILES string of the molecule is CCOc1c(Br)cc(Br)cc1C1C(C#N)=C(N)OC(c2ccccc2)=C1C(=O)c1ccccc1. The fraction of sp³-hybridized carbons (Fsp3) is 0.111. The number of nitrogens with two attached hydrogens (primary N) is 1. The molecule has 3 aromatic carbocycles. The lowest BCUT2D eigenvalue weighted by molar-refractivity contribution is 0.102. The van der Waals surface area contributed by atoms with Crippen molar-refractivity contribution >= 4 is 43.4 Å². The van der Waals surface area contributed by atoms with Crippen molar-refractivity contribution in [1.82, 2.24) is 0 Å². The molecule has 0 aliphatic carbocycles. The summed E-state index contributed by atoms with van der Waals surface area (Å²) in [5.74, 6) is -0.270. The lowest BCUT2D eigenvalue weighted by Gasteiger charge is -2.30. The predicted octanol–water partition coefficient (Wildman–Crippen LogP) is 6.71. The molecule has 0 amide bonds. The highest BCUT2D eigenvalue weighted by Crippen LogP contribution is 2.48. The lowest BCUT2D eigenvalue weighted by Crippen LogP contribution is -2.25. The molecule has 1 unspecified atom stereocenters. The van der Waals surface area contributed by atoms with Crippen LogP contribution in [0.1, 0.15) is 34.3 Å². The van der Waals surface area contributed by atoms with E-state index in [1.54, 1.807) is 24.3 Å². The summed E-state index contributed by atoms with van der Waals surface area (Å²) in [6.45, 7) is 2.27. The number of carbonyl (C=O) groups excluding carboxylic acids is 1. The summed E-state index contributed by atoms with van der Waals surface area (Å²) in [6, 6.07) is 24.1. The number of Topliss-reactive ketones (excluding diaryl/α,β-unsaturated/α-hetero) is 1. The Balaban J connectivity index is 2.08. The zero-order valence-electron chi connectivity index (χ0n) is 18.2. The van der Waals surface area contributed by atoms with Gasteiger partial charge in [0.05, 0.1) is 22.6 Å². The van der Waals surface area contributed by atoms with Crippen LogP contribution >= 0.6 is 31.9 Å². The standard InChI is InChI=1S/C27H20Br2N2O3/c1-2-33-26-19(13-18(28)14-21(26)29)22-20(15-30)27(31)34-25(17-11-7-4-8-12-17)23(22)24(32)16-9-5-3-6-10-16/h3-14,22H,2,31H2,1H3. The number of nitrogens with zero attached hydrogens (tertiary/aromatic N) is 1. The largest absolute Gasteiger partial charge is 0.492 e. The zero-order chi connectivity index (χ0) is 24.2. The van der Waals surface area contributed by atoms with E-state index in [4.69, 9.17) is 15.2 Å². The van der Waals surface area contributed by atoms with Crippen LogP contribution in [0.25, 0.3) is 5.76 Å². The summed E-state index contributed by atoms with van der Waals surface area (Å²) in [4.78, 5) is 14.0. The van der Waals surface area contributed by atoms with Crippen molar-refractivity contribution < 1.29 is 14.3 Å². The number of nitriles is 1. The second-order valence-electron chi connectivity index (χ2n) is 7.47. The number of halogens is 2. The summed E-state index contributed by atoms with van der Waals surface area (Å²) in [6.07, 6.45) is 0. The third-order valence-corrected chi connectivity index (χ3v) is 6.42. The molecule has 1 aliphatic heterocycles. The van der Waals surface area contributed by atoms with Crippen LogP contribution in [0.15, 0.2) is 98.8 Å². The van der Waals surface area contributed by atoms with E-state index in [0.717, 1.165) is 4.47 Å². The van der Waals surface area contributed by atoms with Crippen molar-refractivity contribution in [3.63, 3.8) is 0 Å². The predicted molar refractivity (Wildman–Crippen MR) is 138 cm³/mol. The molecule has 4 rings (SSSR count). The summed E-state index contributed by atoms with van der Waals surface area (Å²) < 4.78 is 13.4. The van der Waals surface area contributed by atoms with E-state index in [2.05, 4.69) is 37.9 Å². The fourth-order valence-electron chi connectivity index (χ4n) is 3.94. The van der Waals surface area contributed by atoms with Gasteiger partial charge in [-0.15, -0.1) is 0 Å². The summed E-state index contributed by atoms with van der Waals surface area (Å²) >= 11 is 7.10. The Hall–Kier alpha value is -3.34. The number of rotatable bonds is 6. The average Bonchev–Trinajstić information content (AvgIpc) is 2.85. The highest BCUT2D eigenvalue weighted by Gasteiger charge is 2.39. The van der Waals surface area contributed by atoms with E-state index < -0.39 is 5.92 Å². The van der Waals surface area contributed by atoms with E-state index in [9.17, 15) is 10.1 Å². The molecule has 1 heterocycles. The second-order valence-corrected chi connectivity index (χ2v) is 9.24. The number of ether oxygens (including phenoxy) is 2. The highest BCUT2D eigenvalue weighted by atomic mass is 79.9. The maximum absolute atomic E-state index is 14.0. The van der Waals surface area contributed by atoms with Crippen LogP contribution in [0.5, 0.6) is 5.75 Å². The van der Waals surface area contributed by atoms with Gasteiger partial charge in [0.1, 0.15) is 23.2 Å². The van der Waals surface area contributed by atoms with E-state index in [1.807, 2.05) is 55.5 Å². The molecule has 0 saturated carbocycles. The number of hydrogen-bond acceptors (Lipinski definition) is 5. The van der Waals surface area contributed by atoms with Crippen LogP contribution < -0.4 is 10.5 Å². The third-order valence-electron chi connectivity index (χ3n) is 5.37. The molecule has 0 fully saturated rings. The number of hydrogen-bond donors (Lipinski definition) is 1. The number of benzene rings is 3. The van der Waals surface area contributed by atoms with Gasteiger partial charge >= 0.3 is 0 Å². The molecular weight excluding hydrogens is 560 g/mol. The Morgan fingerprint density at radius 2 is 1.74 bits per heavy atom. The molecular formula is C27H20Br2N2O3. The van der Waals surface area contributed by atoms with E-state index in [1.165, 1.54) is 0 Å². The number of carbonyl (C=O) groups is 1. The first-order valence-electron chi connectivity index (χ1n) is 10.5. The molecule has 3 aromatic rings. The van der Waals surface area contributed by atoms with Gasteiger partial charge in [0.25, 0.3) is 0 Å². The Labute approximate surface area is 214 Å². The summed E-state index contributed by atoms with van der Waals surface area (Å²) in [5.41, 5.74) is 8.51. The van der Waals surface area contributed by atoms with Crippen molar-refractivity contribution in [3.05, 3.63) is 115 Å². The van der Waals surface area contributed by atoms with Gasteiger partial charge in [-0.3, -0.25) is 4.79 Å². The monoisotopic (exact) mass is 578 g/mol. The van der Waals surface area contributed by atoms with E-state index in [-0.39, 0.29) is 17.2 Å². The van der Waals surface area contributed by atoms with Gasteiger partial charge in [-0.2, -0.15) is 5.26 Å². The van der Waals surface area contributed by atoms with Gasteiger partial charge in [-0.25, -0.2) is 0 Å². The quantitative estimate of drug-likeness (QED) is 0.328. The van der Waals surface area contributed by atoms with Gasteiger partial charge in [0, 0.05) is 21.2 Å². The van der Waals surface area contributed by atoms with Crippen LogP contribution in [-0.2, 0) is 4.74 Å². The van der Waals surface area contributed by atoms with Crippen molar-refractivity contribution in [2.75, 3.05) is 6.61 Å². The normalized spacial score (nSPS) is 15.5. The molecule has 0 radical (unpaired) electrons. The number of allylic oxidation sites excluding steroid dienone is 2. The lowest BCUT2D eigenvalue weighted by atomic mass is 9.78. The molecule has 2 N–H and O–H groups in total. The average molecular weight is 580 g/mol. The molecule has 1 aliphatic rings. The second kappa shape index (κ2) is 10.3. The first-order chi connectivity index (χ1) is 16.5. The van der Waals surface area contributed by atoms with Crippen LogP contribution in [0.2, 0.25) is 0 Å². The molecule has 170 valence electrons. The van der Waals surface area contributed by atoms with Crippen LogP contribution in [0, 0.1) is 11.3 Å². The first-order valence-corrected chi connectivity index (χ1v) is 12.1. The summed E-state index contributed by atoms with van der Waals surface area (Å²) in [5, 5.41) is 10.1. The molecule has 7 heteroatoms. The Bertz CT molecular complexity index is 1340. The van der Waals surface area contributed by atoms with Gasteiger partial charge in [-0.1, -0.05) is 76.6 Å². The molecule has 0 aromatic heterocycles. The minimum atomic E-state index is -0.808. The van der Waals surface area contributed by atoms with Crippen molar-refractivity contribution in [2.24, 2.45) is 5.73 Å². The van der Waals surface area contributed by atoms with Crippen molar-refractivity contribution in [1.29, 1.82) is 5.26 Å². The van der Waals surface area contributed by atoms with Crippen molar-refractivity contribution in [2.45, 2.75) is 12.8 Å². The molecule has 5 nitrogen and oxygen atoms in total. The highest BCUT2D eigenvalue weighted by molar-refractivity contribution is 9.11. The molecule has 0 bridgehead atoms. The molecule has 0 spiro atoms. The molecule has 0 saturated heterocycles. The van der Waals surface area contributed by atoms with Gasteiger partial charge in [0.15, 0.2) is 5.78 Å². The summed E-state index contributed by atoms with van der Waals surface area (Å²) in [7, 11) is 0. The minimum Gasteiger partial charge on any atom is -0.492 e. The maximum atomic E-state index is 14.0. The van der Waals surface area contributed by atoms with Gasteiger partial charge in [0.2, 0.25) is 5.88 Å². The molecule has 1 atom stereocenters. The fourth-order valence-corrected chi connectivity index (χ4v) is 5.32. The van der Waals surface area contributed by atoms with Gasteiger partial charge in [-0.05, 0) is 35.0 Å². The first kappa shape index (κ1) is 23.8. The Morgan fingerprint density at radius 3 is 2.35 bits per heavy atom. The van der Waals surface area contributed by atoms with Crippen LogP contribution in [-0.4, -0.2) is 12.4 Å². The Morgan fingerprint density at radius 1 is 1.09 bits per heavy atom. The minimum absolute atomic E-state index is 0.0467. The number of ketones is 1. The smallest absolute Gasteiger partial charge is 0.205 e. The van der Waals surface area contributed by atoms with E-state index >= 15 is 0 Å².